The summed E-state index contributed by atoms with van der Waals surface area (Å²) in [4.78, 5) is 49.4. The third-order valence-electron chi connectivity index (χ3n) is 6.40. The summed E-state index contributed by atoms with van der Waals surface area (Å²) in [5, 5.41) is 13.4. The minimum absolute atomic E-state index is 0.117. The molecule has 8 nitrogen and oxygen atoms in total. The normalized spacial score (nSPS) is 35.0. The summed E-state index contributed by atoms with van der Waals surface area (Å²) >= 11 is 0. The molecule has 2 bridgehead atoms. The molecule has 1 N–H and O–H groups in total. The number of allylic oxidation sites excluding steroid dienone is 2. The van der Waals surface area contributed by atoms with E-state index in [-0.39, 0.29) is 53.4 Å². The highest BCUT2D eigenvalue weighted by Gasteiger charge is 2.67. The molecule has 0 aromatic heterocycles. The zero-order valence-electron chi connectivity index (χ0n) is 14.3. The van der Waals surface area contributed by atoms with Gasteiger partial charge in [0.1, 0.15) is 6.54 Å². The fourth-order valence-corrected chi connectivity index (χ4v) is 5.22. The Morgan fingerprint density at radius 1 is 1.15 bits per heavy atom. The van der Waals surface area contributed by atoms with E-state index in [2.05, 4.69) is 17.5 Å². The fraction of sp³-hybridized carbons (Fsp3) is 0.421. The third-order valence-corrected chi connectivity index (χ3v) is 6.40. The van der Waals surface area contributed by atoms with E-state index in [9.17, 15) is 24.5 Å². The molecule has 2 saturated carbocycles. The molecular weight excluding hydrogens is 350 g/mol. The Hall–Kier alpha value is -3.03. The largest absolute Gasteiger partial charge is 0.324 e. The van der Waals surface area contributed by atoms with Crippen molar-refractivity contribution in [2.75, 3.05) is 11.9 Å². The number of nitrogens with zero attached hydrogens (tertiary/aromatic N) is 2. The van der Waals surface area contributed by atoms with Crippen LogP contribution < -0.4 is 5.32 Å². The van der Waals surface area contributed by atoms with E-state index in [0.717, 1.165) is 11.3 Å². The lowest BCUT2D eigenvalue weighted by Crippen LogP contribution is -2.40. The van der Waals surface area contributed by atoms with Crippen LogP contribution in [0.25, 0.3) is 0 Å². The van der Waals surface area contributed by atoms with Crippen LogP contribution >= 0.6 is 0 Å². The van der Waals surface area contributed by atoms with Gasteiger partial charge in [0.05, 0.1) is 16.8 Å². The minimum atomic E-state index is -0.554. The van der Waals surface area contributed by atoms with Crippen LogP contribution in [-0.2, 0) is 14.4 Å². The number of nitro benzene ring substituents is 1. The van der Waals surface area contributed by atoms with Gasteiger partial charge in [0.15, 0.2) is 0 Å². The van der Waals surface area contributed by atoms with Crippen molar-refractivity contribution in [2.24, 2.45) is 35.5 Å². The van der Waals surface area contributed by atoms with Gasteiger partial charge in [0.25, 0.3) is 5.69 Å². The van der Waals surface area contributed by atoms with Crippen molar-refractivity contribution >= 4 is 29.1 Å². The van der Waals surface area contributed by atoms with E-state index in [1.807, 2.05) is 0 Å². The first kappa shape index (κ1) is 16.2. The number of carbonyl (C=O) groups is 3. The molecule has 5 aliphatic rings. The van der Waals surface area contributed by atoms with Crippen LogP contribution in [0, 0.1) is 45.6 Å². The van der Waals surface area contributed by atoms with Gasteiger partial charge in [-0.05, 0) is 36.2 Å². The molecule has 1 aromatic rings. The second-order valence-corrected chi connectivity index (χ2v) is 7.77. The van der Waals surface area contributed by atoms with Gasteiger partial charge < -0.3 is 5.32 Å². The first-order valence-electron chi connectivity index (χ1n) is 9.03. The lowest BCUT2D eigenvalue weighted by atomic mass is 9.63. The summed E-state index contributed by atoms with van der Waals surface area (Å²) in [7, 11) is 0. The topological polar surface area (TPSA) is 110 Å². The molecule has 1 heterocycles. The maximum Gasteiger partial charge on any atom is 0.271 e. The van der Waals surface area contributed by atoms with Crippen LogP contribution in [0.2, 0.25) is 0 Å². The molecule has 1 aliphatic heterocycles. The zero-order valence-corrected chi connectivity index (χ0v) is 14.3. The van der Waals surface area contributed by atoms with E-state index in [4.69, 9.17) is 0 Å². The Balaban J connectivity index is 1.31. The molecule has 3 amide bonds. The van der Waals surface area contributed by atoms with Crippen LogP contribution in [0.5, 0.6) is 0 Å². The van der Waals surface area contributed by atoms with Crippen molar-refractivity contribution < 1.29 is 19.3 Å². The average Bonchev–Trinajstić information content (AvgIpc) is 3.43. The number of hydrogen-bond acceptors (Lipinski definition) is 5. The van der Waals surface area contributed by atoms with E-state index in [1.165, 1.54) is 24.3 Å². The number of imide groups is 1. The smallest absolute Gasteiger partial charge is 0.271 e. The highest BCUT2D eigenvalue weighted by Crippen LogP contribution is 2.65. The highest BCUT2D eigenvalue weighted by atomic mass is 16.6. The number of nitrogens with one attached hydrogen (secondary N) is 1. The molecule has 1 saturated heterocycles. The Bertz CT molecular complexity index is 890. The Labute approximate surface area is 154 Å². The van der Waals surface area contributed by atoms with Gasteiger partial charge in [0.2, 0.25) is 17.7 Å². The number of benzene rings is 1. The van der Waals surface area contributed by atoms with Crippen molar-refractivity contribution in [3.63, 3.8) is 0 Å². The quantitative estimate of drug-likeness (QED) is 0.376. The molecule has 0 radical (unpaired) electrons. The lowest BCUT2D eigenvalue weighted by molar-refractivity contribution is -0.384. The van der Waals surface area contributed by atoms with Gasteiger partial charge in [-0.2, -0.15) is 0 Å². The van der Waals surface area contributed by atoms with Gasteiger partial charge in [-0.1, -0.05) is 18.2 Å². The number of carbonyl (C=O) groups excluding carboxylic acids is 3. The molecule has 138 valence electrons. The third kappa shape index (κ3) is 2.32. The molecule has 3 fully saturated rings. The Morgan fingerprint density at radius 2 is 1.78 bits per heavy atom. The highest BCUT2D eigenvalue weighted by molar-refractivity contribution is 6.09. The number of nitro groups is 1. The first-order chi connectivity index (χ1) is 13.0. The lowest BCUT2D eigenvalue weighted by Gasteiger charge is -2.37. The predicted octanol–water partition coefficient (Wildman–Crippen LogP) is 1.59. The molecule has 8 heteroatoms. The van der Waals surface area contributed by atoms with Gasteiger partial charge >= 0.3 is 0 Å². The second-order valence-electron chi connectivity index (χ2n) is 7.77. The van der Waals surface area contributed by atoms with E-state index >= 15 is 0 Å². The van der Waals surface area contributed by atoms with Gasteiger partial charge in [-0.15, -0.1) is 0 Å². The zero-order chi connectivity index (χ0) is 18.9. The maximum atomic E-state index is 12.8. The van der Waals surface area contributed by atoms with E-state index in [0.29, 0.717) is 11.8 Å². The van der Waals surface area contributed by atoms with Gasteiger partial charge in [0, 0.05) is 17.8 Å². The fourth-order valence-electron chi connectivity index (χ4n) is 5.22. The average molecular weight is 367 g/mol. The number of rotatable bonds is 4. The number of amides is 3. The first-order valence-corrected chi connectivity index (χ1v) is 9.03. The van der Waals surface area contributed by atoms with E-state index < -0.39 is 10.8 Å². The summed E-state index contributed by atoms with van der Waals surface area (Å²) < 4.78 is 0. The number of hydrogen-bond donors (Lipinski definition) is 1. The van der Waals surface area contributed by atoms with Crippen LogP contribution in [0.15, 0.2) is 36.4 Å². The van der Waals surface area contributed by atoms with Gasteiger partial charge in [-0.25, -0.2) is 0 Å². The van der Waals surface area contributed by atoms with Crippen molar-refractivity contribution in [3.8, 4) is 0 Å². The monoisotopic (exact) mass is 367 g/mol. The van der Waals surface area contributed by atoms with Crippen LogP contribution in [0.3, 0.4) is 0 Å². The Kier molecular flexibility index (Phi) is 3.28. The molecule has 0 unspecified atom stereocenters. The molecule has 27 heavy (non-hydrogen) atoms. The molecule has 4 aliphatic carbocycles. The molecule has 1 aromatic carbocycles. The number of anilines is 1. The summed E-state index contributed by atoms with van der Waals surface area (Å²) in [5.41, 5.74) is 0.114. The van der Waals surface area contributed by atoms with Crippen LogP contribution in [0.1, 0.15) is 6.42 Å². The summed E-state index contributed by atoms with van der Waals surface area (Å²) in [6.45, 7) is -0.359. The van der Waals surface area contributed by atoms with Gasteiger partial charge in [-0.3, -0.25) is 29.4 Å². The van der Waals surface area contributed by atoms with Crippen LogP contribution in [0.4, 0.5) is 11.4 Å². The SMILES string of the molecule is O=C(CN1C(=O)[C@@H]2[C@H]3C=C[C@@H]([C@@H]4C[C@@H]34)[C@@H]2C1=O)Nc1cccc([N+](=O)[O-])c1. The summed E-state index contributed by atoms with van der Waals surface area (Å²) in [6.07, 6.45) is 5.25. The molecule has 6 atom stereocenters. The second kappa shape index (κ2) is 5.48. The standard InChI is InChI=1S/C19H17N3O5/c23-15(20-9-2-1-3-10(6-9)22(26)27)8-21-18(24)16-11-4-5-12(14-7-13(11)14)17(16)19(21)25/h1-6,11-14,16-17H,7-8H2,(H,20,23)/t11-,12-,13-,14-,16-,17+/m0/s1. The van der Waals surface area contributed by atoms with Crippen molar-refractivity contribution in [3.05, 3.63) is 46.5 Å². The van der Waals surface area contributed by atoms with Crippen LogP contribution in [-0.4, -0.2) is 34.1 Å². The van der Waals surface area contributed by atoms with Crippen molar-refractivity contribution in [2.45, 2.75) is 6.42 Å². The summed E-state index contributed by atoms with van der Waals surface area (Å²) in [6, 6.07) is 5.55. The summed E-state index contributed by atoms with van der Waals surface area (Å²) in [5.74, 6) is -0.469. The van der Waals surface area contributed by atoms with Crippen molar-refractivity contribution in [1.82, 2.24) is 4.90 Å². The molecule has 0 spiro atoms. The molecular formula is C19H17N3O5. The maximum absolute atomic E-state index is 12.8. The van der Waals surface area contributed by atoms with Crippen molar-refractivity contribution in [1.29, 1.82) is 0 Å². The number of non-ortho nitro benzene ring substituents is 1. The predicted molar refractivity (Wildman–Crippen MR) is 93.1 cm³/mol. The minimum Gasteiger partial charge on any atom is -0.324 e. The van der Waals surface area contributed by atoms with E-state index in [1.54, 1.807) is 0 Å². The Morgan fingerprint density at radius 3 is 2.37 bits per heavy atom. The molecule has 6 rings (SSSR count). The number of likely N-dealkylation sites (tertiary alicyclic amines) is 1.